The summed E-state index contributed by atoms with van der Waals surface area (Å²) in [4.78, 5) is 28.6. The normalized spacial score (nSPS) is 10.6. The second-order valence-electron chi connectivity index (χ2n) is 4.47. The molecule has 8 nitrogen and oxygen atoms in total. The van der Waals surface area contributed by atoms with Crippen LogP contribution in [-0.4, -0.2) is 43.9 Å². The number of hydrogen-bond donors (Lipinski definition) is 1. The first-order valence-electron chi connectivity index (χ1n) is 6.70. The lowest BCUT2D eigenvalue weighted by Crippen LogP contribution is -2.27. The number of nitrogens with zero attached hydrogens (tertiary/aromatic N) is 5. The molecule has 1 amide bonds. The number of nitrogens with one attached hydrogen (secondary N) is 1. The maximum Gasteiger partial charge on any atom is 0.270 e. The number of fused-ring (bicyclic) bond motifs is 1. The van der Waals surface area contributed by atoms with Gasteiger partial charge in [-0.05, 0) is 6.07 Å². The maximum absolute atomic E-state index is 12.0. The first-order chi connectivity index (χ1) is 10.8. The van der Waals surface area contributed by atoms with E-state index < -0.39 is 0 Å². The summed E-state index contributed by atoms with van der Waals surface area (Å²) in [5.74, 6) is 1.34. The Morgan fingerprint density at radius 3 is 3.00 bits per heavy atom. The molecule has 0 spiro atoms. The number of ether oxygens (including phenoxy) is 1. The monoisotopic (exact) mass is 298 g/mol. The molecule has 1 N–H and O–H groups in total. The molecule has 0 saturated carbocycles. The predicted octanol–water partition coefficient (Wildman–Crippen LogP) is 0.500. The molecule has 3 heterocycles. The third-order valence-corrected chi connectivity index (χ3v) is 3.02. The second-order valence-corrected chi connectivity index (χ2v) is 4.47. The number of amides is 1. The Labute approximate surface area is 126 Å². The van der Waals surface area contributed by atoms with Crippen LogP contribution in [0.3, 0.4) is 0 Å². The number of rotatable bonds is 5. The van der Waals surface area contributed by atoms with Crippen molar-refractivity contribution in [2.75, 3.05) is 13.7 Å². The molecule has 3 aromatic heterocycles. The topological polar surface area (TPSA) is 94.3 Å². The zero-order valence-corrected chi connectivity index (χ0v) is 11.9. The average Bonchev–Trinajstić information content (AvgIpc) is 3.02. The number of aromatic nitrogens is 5. The van der Waals surface area contributed by atoms with E-state index in [1.54, 1.807) is 48.4 Å². The molecule has 3 aromatic rings. The maximum atomic E-state index is 12.0. The fourth-order valence-electron chi connectivity index (χ4n) is 1.92. The summed E-state index contributed by atoms with van der Waals surface area (Å²) >= 11 is 0. The van der Waals surface area contributed by atoms with Crippen LogP contribution in [0, 0.1) is 0 Å². The lowest BCUT2D eigenvalue weighted by Gasteiger charge is -2.05. The zero-order chi connectivity index (χ0) is 15.4. The molecule has 0 bridgehead atoms. The molecule has 3 rings (SSSR count). The summed E-state index contributed by atoms with van der Waals surface area (Å²) in [6.07, 6.45) is 7.27. The van der Waals surface area contributed by atoms with Gasteiger partial charge in [0, 0.05) is 43.8 Å². The Hall–Kier alpha value is -3.03. The largest absolute Gasteiger partial charge is 0.481 e. The number of hydrogen-bond acceptors (Lipinski definition) is 6. The fourth-order valence-corrected chi connectivity index (χ4v) is 1.92. The summed E-state index contributed by atoms with van der Waals surface area (Å²) in [5.41, 5.74) is 0.324. The van der Waals surface area contributed by atoms with E-state index in [2.05, 4.69) is 25.3 Å². The van der Waals surface area contributed by atoms with Gasteiger partial charge in [-0.1, -0.05) is 0 Å². The van der Waals surface area contributed by atoms with Crippen molar-refractivity contribution in [2.24, 2.45) is 0 Å². The minimum absolute atomic E-state index is 0.256. The van der Waals surface area contributed by atoms with Gasteiger partial charge in [0.2, 0.25) is 11.7 Å². The van der Waals surface area contributed by atoms with Gasteiger partial charge in [0.1, 0.15) is 11.5 Å². The van der Waals surface area contributed by atoms with Crippen LogP contribution < -0.4 is 10.1 Å². The molecule has 0 aliphatic rings. The van der Waals surface area contributed by atoms with Crippen LogP contribution in [-0.2, 0) is 6.42 Å². The predicted molar refractivity (Wildman–Crippen MR) is 77.6 cm³/mol. The van der Waals surface area contributed by atoms with Crippen LogP contribution in [0.15, 0.2) is 36.9 Å². The first kappa shape index (κ1) is 13.9. The number of imidazole rings is 1. The van der Waals surface area contributed by atoms with E-state index in [1.807, 2.05) is 0 Å². The second kappa shape index (κ2) is 6.17. The van der Waals surface area contributed by atoms with Gasteiger partial charge in [0.15, 0.2) is 0 Å². The lowest BCUT2D eigenvalue weighted by atomic mass is 10.3. The Balaban J connectivity index is 1.59. The molecule has 0 fully saturated rings. The van der Waals surface area contributed by atoms with Crippen LogP contribution in [0.25, 0.3) is 5.78 Å². The van der Waals surface area contributed by atoms with Crippen LogP contribution in [0.5, 0.6) is 5.88 Å². The molecule has 0 atom stereocenters. The van der Waals surface area contributed by atoms with E-state index in [9.17, 15) is 4.79 Å². The molecule has 0 unspecified atom stereocenters. The van der Waals surface area contributed by atoms with E-state index in [-0.39, 0.29) is 5.91 Å². The summed E-state index contributed by atoms with van der Waals surface area (Å²) in [6, 6.07) is 3.32. The highest BCUT2D eigenvalue weighted by atomic mass is 16.5. The van der Waals surface area contributed by atoms with Crippen molar-refractivity contribution in [2.45, 2.75) is 6.42 Å². The van der Waals surface area contributed by atoms with Crippen LogP contribution >= 0.6 is 0 Å². The molecular formula is C14H14N6O2. The summed E-state index contributed by atoms with van der Waals surface area (Å²) in [5, 5.41) is 2.78. The molecule has 112 valence electrons. The molecule has 0 aliphatic carbocycles. The minimum Gasteiger partial charge on any atom is -0.481 e. The quantitative estimate of drug-likeness (QED) is 0.737. The van der Waals surface area contributed by atoms with Crippen molar-refractivity contribution >= 4 is 11.7 Å². The van der Waals surface area contributed by atoms with E-state index in [0.717, 1.165) is 0 Å². The Morgan fingerprint density at radius 2 is 2.14 bits per heavy atom. The highest BCUT2D eigenvalue weighted by Gasteiger charge is 2.08. The van der Waals surface area contributed by atoms with Crippen LogP contribution in [0.4, 0.5) is 0 Å². The van der Waals surface area contributed by atoms with Crippen LogP contribution in [0.2, 0.25) is 0 Å². The van der Waals surface area contributed by atoms with Crippen molar-refractivity contribution in [3.63, 3.8) is 0 Å². The molecule has 0 saturated heterocycles. The van der Waals surface area contributed by atoms with Gasteiger partial charge >= 0.3 is 0 Å². The van der Waals surface area contributed by atoms with Gasteiger partial charge in [0.05, 0.1) is 7.11 Å². The standard InChI is InChI=1S/C14H14N6O2/c1-22-12-3-6-15-11(19-12)2-5-16-13(21)10-4-8-20-9-7-17-14(20)18-10/h3-4,6-9H,2,5H2,1H3,(H,16,21). The molecule has 22 heavy (non-hydrogen) atoms. The van der Waals surface area contributed by atoms with Gasteiger partial charge in [-0.15, -0.1) is 0 Å². The lowest BCUT2D eigenvalue weighted by molar-refractivity contribution is 0.0949. The van der Waals surface area contributed by atoms with Crippen molar-refractivity contribution in [1.82, 2.24) is 29.7 Å². The minimum atomic E-state index is -0.256. The van der Waals surface area contributed by atoms with E-state index in [4.69, 9.17) is 4.74 Å². The van der Waals surface area contributed by atoms with Gasteiger partial charge in [0.25, 0.3) is 5.91 Å². The van der Waals surface area contributed by atoms with Crippen molar-refractivity contribution in [3.8, 4) is 5.88 Å². The molecule has 0 aromatic carbocycles. The Kier molecular flexibility index (Phi) is 3.90. The molecule has 0 aliphatic heterocycles. The van der Waals surface area contributed by atoms with Crippen molar-refractivity contribution in [3.05, 3.63) is 48.4 Å². The van der Waals surface area contributed by atoms with Crippen LogP contribution in [0.1, 0.15) is 16.3 Å². The Morgan fingerprint density at radius 1 is 1.23 bits per heavy atom. The fraction of sp³-hybridized carbons (Fsp3) is 0.214. The van der Waals surface area contributed by atoms with Gasteiger partial charge in [-0.3, -0.25) is 9.20 Å². The number of carbonyl (C=O) groups excluding carboxylic acids is 1. The molecular weight excluding hydrogens is 284 g/mol. The van der Waals surface area contributed by atoms with E-state index in [0.29, 0.717) is 36.1 Å². The third-order valence-electron chi connectivity index (χ3n) is 3.02. The summed E-state index contributed by atoms with van der Waals surface area (Å²) in [7, 11) is 1.55. The highest BCUT2D eigenvalue weighted by molar-refractivity contribution is 5.92. The Bertz CT molecular complexity index is 801. The SMILES string of the molecule is COc1ccnc(CCNC(=O)c2ccn3ccnc3n2)n1. The van der Waals surface area contributed by atoms with Crippen molar-refractivity contribution in [1.29, 1.82) is 0 Å². The van der Waals surface area contributed by atoms with Gasteiger partial charge < -0.3 is 10.1 Å². The number of methoxy groups -OCH3 is 1. The summed E-state index contributed by atoms with van der Waals surface area (Å²) < 4.78 is 6.76. The summed E-state index contributed by atoms with van der Waals surface area (Å²) in [6.45, 7) is 0.410. The molecule has 0 radical (unpaired) electrons. The number of carbonyl (C=O) groups is 1. The van der Waals surface area contributed by atoms with Gasteiger partial charge in [-0.2, -0.15) is 4.98 Å². The smallest absolute Gasteiger partial charge is 0.270 e. The zero-order valence-electron chi connectivity index (χ0n) is 11.9. The first-order valence-corrected chi connectivity index (χ1v) is 6.70. The average molecular weight is 298 g/mol. The van der Waals surface area contributed by atoms with E-state index >= 15 is 0 Å². The highest BCUT2D eigenvalue weighted by Crippen LogP contribution is 2.04. The van der Waals surface area contributed by atoms with E-state index in [1.165, 1.54) is 0 Å². The third kappa shape index (κ3) is 3.00. The molecule has 8 heteroatoms. The van der Waals surface area contributed by atoms with Crippen molar-refractivity contribution < 1.29 is 9.53 Å². The van der Waals surface area contributed by atoms with Gasteiger partial charge in [-0.25, -0.2) is 15.0 Å².